The Morgan fingerprint density at radius 2 is 1.50 bits per heavy atom. The number of amides is 1. The predicted octanol–water partition coefficient (Wildman–Crippen LogP) is 0.583. The molecule has 4 N–H and O–H groups in total. The predicted molar refractivity (Wildman–Crippen MR) is 115 cm³/mol. The van der Waals surface area contributed by atoms with Gasteiger partial charge in [-0.2, -0.15) is 0 Å². The van der Waals surface area contributed by atoms with Crippen LogP contribution >= 0.6 is 0 Å². The van der Waals surface area contributed by atoms with Gasteiger partial charge in [-0.05, 0) is 48.5 Å². The standard InChI is InChI=1S/C19H23N3O8S2/c1-14(23)22-15-2-6-18(7-3-15)32(27,28)21-11-10-19(24)30-13-12-29-16-4-8-17(9-5-16)31(20,25)26/h2-9,21H,10-13H2,1H3,(H,22,23)(H2,20,25,26). The Hall–Kier alpha value is -3.00. The molecule has 0 saturated carbocycles. The third kappa shape index (κ3) is 8.26. The number of esters is 1. The molecular formula is C19H23N3O8S2. The smallest absolute Gasteiger partial charge is 0.307 e. The molecule has 0 spiro atoms. The normalized spacial score (nSPS) is 11.6. The van der Waals surface area contributed by atoms with Gasteiger partial charge in [-0.25, -0.2) is 26.7 Å². The van der Waals surface area contributed by atoms with Crippen molar-refractivity contribution in [2.75, 3.05) is 25.1 Å². The zero-order valence-electron chi connectivity index (χ0n) is 17.1. The van der Waals surface area contributed by atoms with Crippen molar-refractivity contribution in [2.24, 2.45) is 5.14 Å². The van der Waals surface area contributed by atoms with E-state index < -0.39 is 26.0 Å². The van der Waals surface area contributed by atoms with Gasteiger partial charge in [-0.1, -0.05) is 0 Å². The topological polar surface area (TPSA) is 171 Å². The Balaban J connectivity index is 1.70. The molecule has 0 bridgehead atoms. The summed E-state index contributed by atoms with van der Waals surface area (Å²) in [7, 11) is -7.61. The van der Waals surface area contributed by atoms with Crippen LogP contribution in [0.3, 0.4) is 0 Å². The van der Waals surface area contributed by atoms with E-state index in [-0.39, 0.29) is 41.9 Å². The van der Waals surface area contributed by atoms with Gasteiger partial charge in [-0.15, -0.1) is 0 Å². The molecule has 1 amide bonds. The average molecular weight is 486 g/mol. The molecule has 11 nitrogen and oxygen atoms in total. The van der Waals surface area contributed by atoms with Gasteiger partial charge >= 0.3 is 5.97 Å². The SMILES string of the molecule is CC(=O)Nc1ccc(S(=O)(=O)NCCC(=O)OCCOc2ccc(S(N)(=O)=O)cc2)cc1. The number of hydrogen-bond acceptors (Lipinski definition) is 8. The van der Waals surface area contributed by atoms with Crippen LogP contribution in [0.5, 0.6) is 5.75 Å². The highest BCUT2D eigenvalue weighted by Crippen LogP contribution is 2.15. The van der Waals surface area contributed by atoms with Crippen LogP contribution in [0.25, 0.3) is 0 Å². The number of primary sulfonamides is 1. The third-order valence-electron chi connectivity index (χ3n) is 3.87. The number of anilines is 1. The summed E-state index contributed by atoms with van der Waals surface area (Å²) in [6, 6.07) is 11.0. The van der Waals surface area contributed by atoms with Gasteiger partial charge < -0.3 is 14.8 Å². The van der Waals surface area contributed by atoms with Gasteiger partial charge in [-0.3, -0.25) is 9.59 Å². The zero-order valence-corrected chi connectivity index (χ0v) is 18.7. The number of carbonyl (C=O) groups is 2. The van der Waals surface area contributed by atoms with Crippen LogP contribution in [0.4, 0.5) is 5.69 Å². The first-order valence-electron chi connectivity index (χ1n) is 9.26. The highest BCUT2D eigenvalue weighted by Gasteiger charge is 2.15. The molecule has 13 heteroatoms. The van der Waals surface area contributed by atoms with Gasteiger partial charge in [0.25, 0.3) is 0 Å². The summed E-state index contributed by atoms with van der Waals surface area (Å²) in [5.74, 6) is -0.532. The maximum Gasteiger partial charge on any atom is 0.307 e. The molecule has 0 fully saturated rings. The van der Waals surface area contributed by atoms with Crippen LogP contribution in [0.15, 0.2) is 58.3 Å². The molecule has 0 saturated heterocycles. The monoisotopic (exact) mass is 485 g/mol. The van der Waals surface area contributed by atoms with E-state index in [4.69, 9.17) is 14.6 Å². The van der Waals surface area contributed by atoms with Gasteiger partial charge in [0.05, 0.1) is 16.2 Å². The van der Waals surface area contributed by atoms with Crippen LogP contribution in [0, 0.1) is 0 Å². The summed E-state index contributed by atoms with van der Waals surface area (Å²) in [5, 5.41) is 7.53. The molecule has 0 heterocycles. The zero-order chi connectivity index (χ0) is 23.8. The van der Waals surface area contributed by atoms with E-state index in [0.717, 1.165) is 0 Å². The quantitative estimate of drug-likeness (QED) is 0.306. The first-order valence-corrected chi connectivity index (χ1v) is 12.3. The molecule has 0 unspecified atom stereocenters. The summed E-state index contributed by atoms with van der Waals surface area (Å²) in [6.45, 7) is 1.12. The van der Waals surface area contributed by atoms with Crippen molar-refractivity contribution in [1.29, 1.82) is 0 Å². The lowest BCUT2D eigenvalue weighted by molar-refractivity contribution is -0.144. The van der Waals surface area contributed by atoms with Gasteiger partial charge in [0.1, 0.15) is 19.0 Å². The van der Waals surface area contributed by atoms with E-state index in [9.17, 15) is 26.4 Å². The van der Waals surface area contributed by atoms with Crippen LogP contribution in [-0.2, 0) is 34.4 Å². The largest absolute Gasteiger partial charge is 0.490 e. The molecule has 2 aromatic carbocycles. The third-order valence-corrected chi connectivity index (χ3v) is 6.28. The number of sulfonamides is 2. The van der Waals surface area contributed by atoms with Crippen LogP contribution in [-0.4, -0.2) is 48.5 Å². The lowest BCUT2D eigenvalue weighted by Crippen LogP contribution is -2.27. The number of carbonyl (C=O) groups excluding carboxylic acids is 2. The second kappa shape index (κ2) is 11.0. The summed E-state index contributed by atoms with van der Waals surface area (Å²) < 4.78 is 59.4. The number of nitrogens with one attached hydrogen (secondary N) is 2. The Morgan fingerprint density at radius 3 is 2.06 bits per heavy atom. The fourth-order valence-corrected chi connectivity index (χ4v) is 3.95. The Kier molecular flexibility index (Phi) is 8.72. The molecule has 2 rings (SSSR count). The molecule has 32 heavy (non-hydrogen) atoms. The Morgan fingerprint density at radius 1 is 0.906 bits per heavy atom. The highest BCUT2D eigenvalue weighted by atomic mass is 32.2. The van der Waals surface area contributed by atoms with Crippen LogP contribution < -0.4 is 19.9 Å². The summed E-state index contributed by atoms with van der Waals surface area (Å²) in [6.07, 6.45) is -0.188. The van der Waals surface area contributed by atoms with Crippen molar-refractivity contribution in [3.8, 4) is 5.75 Å². The van der Waals surface area contributed by atoms with Crippen molar-refractivity contribution < 1.29 is 35.9 Å². The fraction of sp³-hybridized carbons (Fsp3) is 0.263. The number of nitrogens with two attached hydrogens (primary N) is 1. The first kappa shape index (κ1) is 25.3. The highest BCUT2D eigenvalue weighted by molar-refractivity contribution is 7.89. The second-order valence-corrected chi connectivity index (χ2v) is 9.77. The minimum absolute atomic E-state index is 0.0122. The minimum atomic E-state index is -3.82. The van der Waals surface area contributed by atoms with E-state index in [1.54, 1.807) is 0 Å². The second-order valence-electron chi connectivity index (χ2n) is 6.44. The number of hydrogen-bond donors (Lipinski definition) is 3. The summed E-state index contributed by atoms with van der Waals surface area (Å²) in [5.41, 5.74) is 0.461. The van der Waals surface area contributed by atoms with Crippen LogP contribution in [0.2, 0.25) is 0 Å². The molecule has 0 radical (unpaired) electrons. The summed E-state index contributed by atoms with van der Waals surface area (Å²) in [4.78, 5) is 22.7. The van der Waals surface area contributed by atoms with E-state index in [0.29, 0.717) is 11.4 Å². The van der Waals surface area contributed by atoms with Crippen molar-refractivity contribution in [2.45, 2.75) is 23.1 Å². The molecule has 0 aliphatic rings. The van der Waals surface area contributed by atoms with Gasteiger partial charge in [0, 0.05) is 19.2 Å². The lowest BCUT2D eigenvalue weighted by Gasteiger charge is -2.09. The Bertz CT molecular complexity index is 1150. The number of ether oxygens (including phenoxy) is 2. The van der Waals surface area contributed by atoms with E-state index in [1.165, 1.54) is 55.5 Å². The first-order chi connectivity index (χ1) is 15.0. The van der Waals surface area contributed by atoms with Crippen molar-refractivity contribution in [3.05, 3.63) is 48.5 Å². The van der Waals surface area contributed by atoms with E-state index >= 15 is 0 Å². The lowest BCUT2D eigenvalue weighted by atomic mass is 10.3. The van der Waals surface area contributed by atoms with Crippen molar-refractivity contribution in [3.63, 3.8) is 0 Å². The van der Waals surface area contributed by atoms with E-state index in [2.05, 4.69) is 10.0 Å². The maximum absolute atomic E-state index is 12.2. The molecule has 0 aliphatic carbocycles. The van der Waals surface area contributed by atoms with E-state index in [1.807, 2.05) is 0 Å². The average Bonchev–Trinajstić information content (AvgIpc) is 2.71. The number of benzene rings is 2. The van der Waals surface area contributed by atoms with Gasteiger partial charge in [0.2, 0.25) is 26.0 Å². The molecular weight excluding hydrogens is 462 g/mol. The van der Waals surface area contributed by atoms with Gasteiger partial charge in [0.15, 0.2) is 0 Å². The Labute approximate surface area is 186 Å². The molecule has 0 atom stereocenters. The number of rotatable bonds is 11. The minimum Gasteiger partial charge on any atom is -0.490 e. The fourth-order valence-electron chi connectivity index (χ4n) is 2.40. The molecule has 2 aromatic rings. The maximum atomic E-state index is 12.2. The molecule has 0 aliphatic heterocycles. The summed E-state index contributed by atoms with van der Waals surface area (Å²) >= 11 is 0. The molecule has 0 aromatic heterocycles. The van der Waals surface area contributed by atoms with Crippen molar-refractivity contribution >= 4 is 37.6 Å². The van der Waals surface area contributed by atoms with Crippen LogP contribution in [0.1, 0.15) is 13.3 Å². The molecule has 174 valence electrons. The van der Waals surface area contributed by atoms with Crippen molar-refractivity contribution in [1.82, 2.24) is 4.72 Å².